The topological polar surface area (TPSA) is 59.4 Å². The largest absolute Gasteiger partial charge is 0.472 e. The highest BCUT2D eigenvalue weighted by atomic mass is 19.4. The SMILES string of the molecule is NCC(O)(c1ccoc1)C(F)(F)F. The minimum absolute atomic E-state index is 0.387. The molecule has 1 unspecified atom stereocenters. The van der Waals surface area contributed by atoms with E-state index in [2.05, 4.69) is 4.42 Å². The highest BCUT2D eigenvalue weighted by Crippen LogP contribution is 2.38. The maximum atomic E-state index is 12.3. The van der Waals surface area contributed by atoms with Gasteiger partial charge >= 0.3 is 6.18 Å². The summed E-state index contributed by atoms with van der Waals surface area (Å²) in [6, 6.07) is 1.03. The quantitative estimate of drug-likeness (QED) is 0.739. The van der Waals surface area contributed by atoms with Gasteiger partial charge in [0.25, 0.3) is 0 Å². The van der Waals surface area contributed by atoms with Crippen LogP contribution in [0.25, 0.3) is 0 Å². The van der Waals surface area contributed by atoms with Gasteiger partial charge in [0, 0.05) is 12.1 Å². The number of aliphatic hydroxyl groups is 1. The van der Waals surface area contributed by atoms with Crippen molar-refractivity contribution in [1.29, 1.82) is 0 Å². The standard InChI is InChI=1S/C7H8F3NO2/c8-7(9,10)6(12,4-11)5-1-2-13-3-5/h1-3,12H,4,11H2. The van der Waals surface area contributed by atoms with E-state index in [0.29, 0.717) is 0 Å². The molecule has 3 N–H and O–H groups in total. The van der Waals surface area contributed by atoms with E-state index in [9.17, 15) is 18.3 Å². The normalized spacial score (nSPS) is 17.0. The Morgan fingerprint density at radius 3 is 2.38 bits per heavy atom. The molecule has 0 saturated heterocycles. The third kappa shape index (κ3) is 1.54. The van der Waals surface area contributed by atoms with Gasteiger partial charge in [-0.15, -0.1) is 0 Å². The van der Waals surface area contributed by atoms with Crippen LogP contribution in [0.3, 0.4) is 0 Å². The lowest BCUT2D eigenvalue weighted by Crippen LogP contribution is -2.48. The Morgan fingerprint density at radius 2 is 2.08 bits per heavy atom. The summed E-state index contributed by atoms with van der Waals surface area (Å²) in [6.07, 6.45) is -2.94. The summed E-state index contributed by atoms with van der Waals surface area (Å²) < 4.78 is 41.3. The Balaban J connectivity index is 3.09. The van der Waals surface area contributed by atoms with Crippen LogP contribution in [-0.4, -0.2) is 17.8 Å². The Morgan fingerprint density at radius 1 is 1.46 bits per heavy atom. The summed E-state index contributed by atoms with van der Waals surface area (Å²) in [5.74, 6) is 0. The first-order valence-electron chi connectivity index (χ1n) is 3.43. The van der Waals surface area contributed by atoms with E-state index in [4.69, 9.17) is 5.73 Å². The average Bonchev–Trinajstić information content (AvgIpc) is 2.52. The average molecular weight is 195 g/mol. The van der Waals surface area contributed by atoms with Gasteiger partial charge in [-0.25, -0.2) is 0 Å². The van der Waals surface area contributed by atoms with E-state index in [1.54, 1.807) is 0 Å². The van der Waals surface area contributed by atoms with Crippen molar-refractivity contribution in [2.24, 2.45) is 5.73 Å². The van der Waals surface area contributed by atoms with Crippen molar-refractivity contribution >= 4 is 0 Å². The first-order chi connectivity index (χ1) is 5.92. The zero-order chi connectivity index (χ0) is 10.1. The molecule has 1 aromatic heterocycles. The van der Waals surface area contributed by atoms with Crippen molar-refractivity contribution in [3.63, 3.8) is 0 Å². The fourth-order valence-corrected chi connectivity index (χ4v) is 0.897. The van der Waals surface area contributed by atoms with Gasteiger partial charge in [-0.1, -0.05) is 0 Å². The number of rotatable bonds is 2. The number of hydrogen-bond donors (Lipinski definition) is 2. The molecular weight excluding hydrogens is 187 g/mol. The van der Waals surface area contributed by atoms with Crippen molar-refractivity contribution in [2.75, 3.05) is 6.54 Å². The number of alkyl halides is 3. The summed E-state index contributed by atoms with van der Waals surface area (Å²) in [5.41, 5.74) is 1.47. The second-order valence-electron chi connectivity index (χ2n) is 2.57. The maximum absolute atomic E-state index is 12.3. The lowest BCUT2D eigenvalue weighted by atomic mass is 9.96. The summed E-state index contributed by atoms with van der Waals surface area (Å²) in [4.78, 5) is 0. The Bertz CT molecular complexity index is 270. The first-order valence-corrected chi connectivity index (χ1v) is 3.43. The summed E-state index contributed by atoms with van der Waals surface area (Å²) >= 11 is 0. The maximum Gasteiger partial charge on any atom is 0.422 e. The molecule has 74 valence electrons. The molecule has 13 heavy (non-hydrogen) atoms. The molecule has 0 aliphatic heterocycles. The third-order valence-corrected chi connectivity index (χ3v) is 1.76. The highest BCUT2D eigenvalue weighted by molar-refractivity contribution is 5.19. The predicted molar refractivity (Wildman–Crippen MR) is 37.7 cm³/mol. The fraction of sp³-hybridized carbons (Fsp3) is 0.429. The van der Waals surface area contributed by atoms with Gasteiger partial charge in [0.15, 0.2) is 0 Å². The van der Waals surface area contributed by atoms with E-state index >= 15 is 0 Å². The van der Waals surface area contributed by atoms with Crippen molar-refractivity contribution in [3.8, 4) is 0 Å². The van der Waals surface area contributed by atoms with Gasteiger partial charge in [0.1, 0.15) is 0 Å². The number of furan rings is 1. The van der Waals surface area contributed by atoms with Crippen molar-refractivity contribution in [2.45, 2.75) is 11.8 Å². The molecular formula is C7H8F3NO2. The Hall–Kier alpha value is -1.01. The second-order valence-corrected chi connectivity index (χ2v) is 2.57. The van der Waals surface area contributed by atoms with Crippen molar-refractivity contribution in [1.82, 2.24) is 0 Å². The van der Waals surface area contributed by atoms with Gasteiger partial charge in [-0.3, -0.25) is 0 Å². The van der Waals surface area contributed by atoms with Crippen LogP contribution in [0.15, 0.2) is 23.0 Å². The molecule has 1 rings (SSSR count). The van der Waals surface area contributed by atoms with E-state index < -0.39 is 18.3 Å². The van der Waals surface area contributed by atoms with Crippen LogP contribution in [0.4, 0.5) is 13.2 Å². The van der Waals surface area contributed by atoms with Crippen LogP contribution in [-0.2, 0) is 5.60 Å². The molecule has 6 heteroatoms. The van der Waals surface area contributed by atoms with Gasteiger partial charge in [0.2, 0.25) is 5.60 Å². The molecule has 0 aromatic carbocycles. The monoisotopic (exact) mass is 195 g/mol. The van der Waals surface area contributed by atoms with Gasteiger partial charge < -0.3 is 15.3 Å². The van der Waals surface area contributed by atoms with Gasteiger partial charge in [-0.05, 0) is 6.07 Å². The molecule has 0 spiro atoms. The zero-order valence-corrected chi connectivity index (χ0v) is 6.51. The molecule has 0 radical (unpaired) electrons. The second kappa shape index (κ2) is 3.04. The summed E-state index contributed by atoms with van der Waals surface area (Å²) in [7, 11) is 0. The van der Waals surface area contributed by atoms with E-state index in [1.165, 1.54) is 0 Å². The van der Waals surface area contributed by atoms with Crippen LogP contribution < -0.4 is 5.73 Å². The molecule has 1 atom stereocenters. The van der Waals surface area contributed by atoms with Gasteiger partial charge in [-0.2, -0.15) is 13.2 Å². The summed E-state index contributed by atoms with van der Waals surface area (Å²) in [6.45, 7) is -0.934. The molecule has 1 heterocycles. The minimum Gasteiger partial charge on any atom is -0.472 e. The lowest BCUT2D eigenvalue weighted by Gasteiger charge is -2.27. The first kappa shape index (κ1) is 10.1. The molecule has 0 saturated carbocycles. The smallest absolute Gasteiger partial charge is 0.422 e. The van der Waals surface area contributed by atoms with Crippen LogP contribution in [0.2, 0.25) is 0 Å². The van der Waals surface area contributed by atoms with Crippen LogP contribution >= 0.6 is 0 Å². The third-order valence-electron chi connectivity index (χ3n) is 1.76. The Kier molecular flexibility index (Phi) is 2.36. The van der Waals surface area contributed by atoms with Crippen LogP contribution in [0.5, 0.6) is 0 Å². The van der Waals surface area contributed by atoms with E-state index in [0.717, 1.165) is 18.6 Å². The number of nitrogens with two attached hydrogens (primary N) is 1. The lowest BCUT2D eigenvalue weighted by molar-refractivity contribution is -0.262. The molecule has 0 fully saturated rings. The number of halogens is 3. The van der Waals surface area contributed by atoms with Crippen molar-refractivity contribution < 1.29 is 22.7 Å². The highest BCUT2D eigenvalue weighted by Gasteiger charge is 2.54. The minimum atomic E-state index is -4.80. The molecule has 0 amide bonds. The molecule has 0 bridgehead atoms. The fourth-order valence-electron chi connectivity index (χ4n) is 0.897. The van der Waals surface area contributed by atoms with Gasteiger partial charge in [0.05, 0.1) is 12.5 Å². The Labute approximate surface area is 72.0 Å². The van der Waals surface area contributed by atoms with Crippen molar-refractivity contribution in [3.05, 3.63) is 24.2 Å². The van der Waals surface area contributed by atoms with E-state index in [1.807, 2.05) is 0 Å². The van der Waals surface area contributed by atoms with Crippen LogP contribution in [0.1, 0.15) is 5.56 Å². The van der Waals surface area contributed by atoms with E-state index in [-0.39, 0.29) is 5.56 Å². The summed E-state index contributed by atoms with van der Waals surface area (Å²) in [5, 5.41) is 9.21. The molecule has 3 nitrogen and oxygen atoms in total. The molecule has 0 aliphatic carbocycles. The molecule has 1 aromatic rings. The predicted octanol–water partition coefficient (Wildman–Crippen LogP) is 0.988. The molecule has 0 aliphatic rings. The zero-order valence-electron chi connectivity index (χ0n) is 6.51. The van der Waals surface area contributed by atoms with Crippen LogP contribution in [0, 0.1) is 0 Å². The number of hydrogen-bond acceptors (Lipinski definition) is 3.